The molecule has 1 saturated heterocycles. The first-order valence-corrected chi connectivity index (χ1v) is 6.75. The zero-order chi connectivity index (χ0) is 13.5. The number of nitrogens with one attached hydrogen (secondary N) is 1. The first-order chi connectivity index (χ1) is 8.52. The van der Waals surface area contributed by atoms with Gasteiger partial charge in [0.25, 0.3) is 0 Å². The topological polar surface area (TPSA) is 69.6 Å². The van der Waals surface area contributed by atoms with E-state index in [0.29, 0.717) is 13.0 Å². The van der Waals surface area contributed by atoms with Gasteiger partial charge in [-0.3, -0.25) is 9.59 Å². The molecular weight excluding hydrogens is 232 g/mol. The molecule has 0 saturated carbocycles. The number of nitrogens with zero attached hydrogens (tertiary/aromatic N) is 1. The van der Waals surface area contributed by atoms with E-state index in [4.69, 9.17) is 5.11 Å². The van der Waals surface area contributed by atoms with Crippen molar-refractivity contribution in [3.05, 3.63) is 0 Å². The molecule has 1 heterocycles. The monoisotopic (exact) mass is 256 g/mol. The van der Waals surface area contributed by atoms with E-state index in [-0.39, 0.29) is 24.3 Å². The van der Waals surface area contributed by atoms with Crippen molar-refractivity contribution in [2.45, 2.75) is 45.6 Å². The molecule has 1 atom stereocenters. The Kier molecular flexibility index (Phi) is 6.12. The molecule has 1 fully saturated rings. The van der Waals surface area contributed by atoms with Gasteiger partial charge < -0.3 is 15.3 Å². The van der Waals surface area contributed by atoms with Crippen LogP contribution < -0.4 is 5.32 Å². The molecule has 1 aliphatic rings. The minimum atomic E-state index is -0.800. The van der Waals surface area contributed by atoms with Crippen LogP contribution in [0.1, 0.15) is 39.5 Å². The zero-order valence-corrected chi connectivity index (χ0v) is 11.3. The van der Waals surface area contributed by atoms with Gasteiger partial charge in [-0.15, -0.1) is 0 Å². The molecule has 5 nitrogen and oxygen atoms in total. The molecule has 0 aromatic carbocycles. The molecule has 0 aromatic heterocycles. The molecule has 104 valence electrons. The SMILES string of the molecule is CC(C)N(CCCC(=O)O)C(=O)[C@@H]1CCCNC1. The van der Waals surface area contributed by atoms with Crippen LogP contribution in [0.3, 0.4) is 0 Å². The second kappa shape index (κ2) is 7.36. The van der Waals surface area contributed by atoms with E-state index >= 15 is 0 Å². The first kappa shape index (κ1) is 15.0. The molecule has 0 bridgehead atoms. The maximum Gasteiger partial charge on any atom is 0.303 e. The highest BCUT2D eigenvalue weighted by atomic mass is 16.4. The second-order valence-electron chi connectivity index (χ2n) is 5.17. The first-order valence-electron chi connectivity index (χ1n) is 6.75. The average molecular weight is 256 g/mol. The Labute approximate surface area is 109 Å². The van der Waals surface area contributed by atoms with E-state index in [1.165, 1.54) is 0 Å². The molecule has 0 spiro atoms. The van der Waals surface area contributed by atoms with Crippen molar-refractivity contribution in [3.8, 4) is 0 Å². The van der Waals surface area contributed by atoms with Crippen LogP contribution in [0, 0.1) is 5.92 Å². The molecule has 1 aliphatic heterocycles. The standard InChI is InChI=1S/C13H24N2O3/c1-10(2)15(8-4-6-12(16)17)13(18)11-5-3-7-14-9-11/h10-11,14H,3-9H2,1-2H3,(H,16,17)/t11-/m1/s1. The van der Waals surface area contributed by atoms with E-state index in [1.54, 1.807) is 0 Å². The summed E-state index contributed by atoms with van der Waals surface area (Å²) in [6.07, 6.45) is 2.63. The summed E-state index contributed by atoms with van der Waals surface area (Å²) in [5, 5.41) is 11.9. The number of carboxylic acid groups (broad SMARTS) is 1. The minimum absolute atomic E-state index is 0.0611. The van der Waals surface area contributed by atoms with E-state index in [2.05, 4.69) is 5.32 Å². The summed E-state index contributed by atoms with van der Waals surface area (Å²) in [5.41, 5.74) is 0. The largest absolute Gasteiger partial charge is 0.481 e. The molecule has 0 aliphatic carbocycles. The number of hydrogen-bond donors (Lipinski definition) is 2. The number of amides is 1. The Morgan fingerprint density at radius 3 is 2.67 bits per heavy atom. The maximum atomic E-state index is 12.4. The summed E-state index contributed by atoms with van der Waals surface area (Å²) in [7, 11) is 0. The molecule has 0 unspecified atom stereocenters. The Morgan fingerprint density at radius 2 is 2.17 bits per heavy atom. The van der Waals surface area contributed by atoms with Crippen molar-refractivity contribution in [3.63, 3.8) is 0 Å². The summed E-state index contributed by atoms with van der Waals surface area (Å²) >= 11 is 0. The van der Waals surface area contributed by atoms with Crippen LogP contribution >= 0.6 is 0 Å². The van der Waals surface area contributed by atoms with Crippen LogP contribution in [0.2, 0.25) is 0 Å². The Morgan fingerprint density at radius 1 is 1.44 bits per heavy atom. The van der Waals surface area contributed by atoms with E-state index < -0.39 is 5.97 Å². The summed E-state index contributed by atoms with van der Waals surface area (Å²) in [6.45, 7) is 6.24. The highest BCUT2D eigenvalue weighted by molar-refractivity contribution is 5.79. The number of aliphatic carboxylic acids is 1. The Bertz CT molecular complexity index is 286. The van der Waals surface area contributed by atoms with Gasteiger partial charge in [0.15, 0.2) is 0 Å². The number of rotatable bonds is 6. The summed E-state index contributed by atoms with van der Waals surface area (Å²) in [6, 6.07) is 0.133. The zero-order valence-electron chi connectivity index (χ0n) is 11.3. The van der Waals surface area contributed by atoms with Gasteiger partial charge in [0.1, 0.15) is 0 Å². The second-order valence-corrected chi connectivity index (χ2v) is 5.17. The highest BCUT2D eigenvalue weighted by Gasteiger charge is 2.27. The summed E-state index contributed by atoms with van der Waals surface area (Å²) in [4.78, 5) is 24.7. The number of hydrogen-bond acceptors (Lipinski definition) is 3. The fourth-order valence-corrected chi connectivity index (χ4v) is 2.32. The molecule has 0 radical (unpaired) electrons. The number of piperidine rings is 1. The minimum Gasteiger partial charge on any atom is -0.481 e. The van der Waals surface area contributed by atoms with Crippen molar-refractivity contribution < 1.29 is 14.7 Å². The maximum absolute atomic E-state index is 12.4. The predicted octanol–water partition coefficient (Wildman–Crippen LogP) is 1.09. The van der Waals surface area contributed by atoms with Crippen molar-refractivity contribution in [1.29, 1.82) is 0 Å². The van der Waals surface area contributed by atoms with Gasteiger partial charge >= 0.3 is 5.97 Å². The lowest BCUT2D eigenvalue weighted by Gasteiger charge is -2.32. The van der Waals surface area contributed by atoms with Gasteiger partial charge in [0.05, 0.1) is 5.92 Å². The van der Waals surface area contributed by atoms with Crippen molar-refractivity contribution in [2.24, 2.45) is 5.92 Å². The van der Waals surface area contributed by atoms with Crippen LogP contribution in [0.5, 0.6) is 0 Å². The van der Waals surface area contributed by atoms with Crippen LogP contribution in [0.25, 0.3) is 0 Å². The van der Waals surface area contributed by atoms with Crippen LogP contribution in [0.15, 0.2) is 0 Å². The molecular formula is C13H24N2O3. The number of carbonyl (C=O) groups is 2. The highest BCUT2D eigenvalue weighted by Crippen LogP contribution is 2.15. The third-order valence-corrected chi connectivity index (χ3v) is 3.34. The fourth-order valence-electron chi connectivity index (χ4n) is 2.32. The van der Waals surface area contributed by atoms with Gasteiger partial charge in [-0.1, -0.05) is 0 Å². The molecule has 5 heteroatoms. The number of carbonyl (C=O) groups excluding carboxylic acids is 1. The van der Waals surface area contributed by atoms with Crippen LogP contribution in [-0.2, 0) is 9.59 Å². The van der Waals surface area contributed by atoms with E-state index in [1.807, 2.05) is 18.7 Å². The molecule has 1 rings (SSSR count). The van der Waals surface area contributed by atoms with Crippen molar-refractivity contribution in [2.75, 3.05) is 19.6 Å². The lowest BCUT2D eigenvalue weighted by Crippen LogP contribution is -2.46. The smallest absolute Gasteiger partial charge is 0.303 e. The fraction of sp³-hybridized carbons (Fsp3) is 0.846. The average Bonchev–Trinajstić information content (AvgIpc) is 2.34. The van der Waals surface area contributed by atoms with Gasteiger partial charge in [-0.2, -0.15) is 0 Å². The van der Waals surface area contributed by atoms with Gasteiger partial charge in [0, 0.05) is 25.6 Å². The van der Waals surface area contributed by atoms with Crippen LogP contribution in [0.4, 0.5) is 0 Å². The lowest BCUT2D eigenvalue weighted by atomic mass is 9.97. The molecule has 2 N–H and O–H groups in total. The summed E-state index contributed by atoms with van der Waals surface area (Å²) < 4.78 is 0. The quantitative estimate of drug-likeness (QED) is 0.746. The lowest BCUT2D eigenvalue weighted by molar-refractivity contribution is -0.140. The third-order valence-electron chi connectivity index (χ3n) is 3.34. The van der Waals surface area contributed by atoms with Crippen molar-refractivity contribution in [1.82, 2.24) is 10.2 Å². The van der Waals surface area contributed by atoms with Gasteiger partial charge in [0.2, 0.25) is 5.91 Å². The van der Waals surface area contributed by atoms with E-state index in [9.17, 15) is 9.59 Å². The van der Waals surface area contributed by atoms with Gasteiger partial charge in [-0.05, 0) is 39.7 Å². The molecule has 0 aromatic rings. The van der Waals surface area contributed by atoms with E-state index in [0.717, 1.165) is 25.9 Å². The molecule has 18 heavy (non-hydrogen) atoms. The number of carboxylic acids is 1. The van der Waals surface area contributed by atoms with Crippen LogP contribution in [-0.4, -0.2) is 47.6 Å². The van der Waals surface area contributed by atoms with Crippen molar-refractivity contribution >= 4 is 11.9 Å². The third kappa shape index (κ3) is 4.64. The Hall–Kier alpha value is -1.10. The van der Waals surface area contributed by atoms with Gasteiger partial charge in [-0.25, -0.2) is 0 Å². The predicted molar refractivity (Wildman–Crippen MR) is 69.3 cm³/mol. The Balaban J connectivity index is 2.48. The molecule has 1 amide bonds. The summed E-state index contributed by atoms with van der Waals surface area (Å²) in [5.74, 6) is -0.570. The normalized spacial score (nSPS) is 19.8.